The van der Waals surface area contributed by atoms with Crippen molar-refractivity contribution in [2.75, 3.05) is 20.3 Å². The Bertz CT molecular complexity index is 1500. The summed E-state index contributed by atoms with van der Waals surface area (Å²) in [5.74, 6) is -1.10. The zero-order valence-corrected chi connectivity index (χ0v) is 22.2. The number of imidazole rings is 1. The first-order valence-electron chi connectivity index (χ1n) is 12.2. The number of methoxy groups -OCH3 is 1. The van der Waals surface area contributed by atoms with Crippen molar-refractivity contribution in [3.05, 3.63) is 119 Å². The van der Waals surface area contributed by atoms with Crippen LogP contribution in [0.3, 0.4) is 0 Å². The number of aryl methyl sites for hydroxylation is 1. The highest BCUT2D eigenvalue weighted by Gasteiger charge is 2.26. The van der Waals surface area contributed by atoms with Gasteiger partial charge in [0.2, 0.25) is 15.0 Å². The maximum absolute atomic E-state index is 13.8. The molecule has 0 bridgehead atoms. The van der Waals surface area contributed by atoms with E-state index in [-0.39, 0.29) is 42.7 Å². The summed E-state index contributed by atoms with van der Waals surface area (Å²) in [5, 5.41) is -0.0653. The van der Waals surface area contributed by atoms with Gasteiger partial charge in [0.25, 0.3) is 5.91 Å². The Balaban J connectivity index is 1.72. The average molecular weight is 536 g/mol. The van der Waals surface area contributed by atoms with E-state index in [4.69, 9.17) is 4.74 Å². The molecule has 0 aliphatic heterocycles. The highest BCUT2D eigenvalue weighted by Crippen LogP contribution is 2.22. The SMILES string of the molecule is COCCN(Cc1cnc(S(=O)(=O)Cc2ccccc2C)n1Cc1ccccc1)C(=O)c1cccc(F)c1. The van der Waals surface area contributed by atoms with Crippen LogP contribution in [0.25, 0.3) is 0 Å². The summed E-state index contributed by atoms with van der Waals surface area (Å²) in [7, 11) is -2.29. The first-order chi connectivity index (χ1) is 18.3. The number of rotatable bonds is 11. The largest absolute Gasteiger partial charge is 0.383 e. The molecule has 0 N–H and O–H groups in total. The molecule has 0 radical (unpaired) electrons. The van der Waals surface area contributed by atoms with E-state index in [9.17, 15) is 17.6 Å². The average Bonchev–Trinajstić information content (AvgIpc) is 3.30. The summed E-state index contributed by atoms with van der Waals surface area (Å²) in [6.45, 7) is 2.68. The second-order valence-electron chi connectivity index (χ2n) is 9.02. The van der Waals surface area contributed by atoms with Gasteiger partial charge in [0, 0.05) is 19.2 Å². The number of amides is 1. The number of hydrogen-bond acceptors (Lipinski definition) is 5. The van der Waals surface area contributed by atoms with Crippen molar-refractivity contribution in [2.24, 2.45) is 0 Å². The van der Waals surface area contributed by atoms with E-state index in [1.54, 1.807) is 16.7 Å². The predicted molar refractivity (Wildman–Crippen MR) is 143 cm³/mol. The summed E-state index contributed by atoms with van der Waals surface area (Å²) in [4.78, 5) is 19.2. The fourth-order valence-electron chi connectivity index (χ4n) is 4.20. The second-order valence-corrected chi connectivity index (χ2v) is 10.9. The van der Waals surface area contributed by atoms with E-state index >= 15 is 0 Å². The molecule has 9 heteroatoms. The minimum absolute atomic E-state index is 0.0653. The molecule has 0 saturated heterocycles. The van der Waals surface area contributed by atoms with Gasteiger partial charge in [-0.3, -0.25) is 4.79 Å². The lowest BCUT2D eigenvalue weighted by Crippen LogP contribution is -2.34. The van der Waals surface area contributed by atoms with Crippen molar-refractivity contribution in [3.63, 3.8) is 0 Å². The first-order valence-corrected chi connectivity index (χ1v) is 13.8. The molecule has 38 heavy (non-hydrogen) atoms. The number of nitrogens with zero attached hydrogens (tertiary/aromatic N) is 3. The minimum Gasteiger partial charge on any atom is -0.383 e. The molecule has 0 aliphatic carbocycles. The van der Waals surface area contributed by atoms with Crippen molar-refractivity contribution in [1.82, 2.24) is 14.5 Å². The topological polar surface area (TPSA) is 81.5 Å². The molecule has 4 rings (SSSR count). The summed E-state index contributed by atoms with van der Waals surface area (Å²) in [6, 6.07) is 22.3. The van der Waals surface area contributed by atoms with Crippen LogP contribution in [0.2, 0.25) is 0 Å². The Morgan fingerprint density at radius 1 is 1.03 bits per heavy atom. The second kappa shape index (κ2) is 12.1. The number of carbonyl (C=O) groups excluding carboxylic acids is 1. The molecule has 1 aromatic heterocycles. The van der Waals surface area contributed by atoms with Gasteiger partial charge >= 0.3 is 0 Å². The number of benzene rings is 3. The third-order valence-corrected chi connectivity index (χ3v) is 7.82. The zero-order chi connectivity index (χ0) is 27.1. The molecule has 7 nitrogen and oxygen atoms in total. The van der Waals surface area contributed by atoms with Crippen molar-refractivity contribution in [2.45, 2.75) is 30.9 Å². The van der Waals surface area contributed by atoms with Gasteiger partial charge in [-0.2, -0.15) is 0 Å². The lowest BCUT2D eigenvalue weighted by molar-refractivity contribution is 0.0675. The standard InChI is InChI=1S/C29H30FN3O4S/c1-22-9-6-7-12-25(22)21-38(35,36)29-31-18-27(33(29)19-23-10-4-3-5-11-23)20-32(15-16-37-2)28(34)24-13-8-14-26(30)17-24/h3-14,17-18H,15-16,19-21H2,1-2H3. The third kappa shape index (κ3) is 6.54. The van der Waals surface area contributed by atoms with Crippen LogP contribution in [0.15, 0.2) is 90.2 Å². The van der Waals surface area contributed by atoms with Crippen LogP contribution in [0, 0.1) is 12.7 Å². The van der Waals surface area contributed by atoms with E-state index in [2.05, 4.69) is 4.98 Å². The van der Waals surface area contributed by atoms with E-state index in [0.717, 1.165) is 11.1 Å². The number of aromatic nitrogens is 2. The van der Waals surface area contributed by atoms with Gasteiger partial charge in [-0.25, -0.2) is 17.8 Å². The number of halogens is 1. The van der Waals surface area contributed by atoms with Crippen LogP contribution >= 0.6 is 0 Å². The Labute approximate surface area is 222 Å². The molecule has 1 heterocycles. The Morgan fingerprint density at radius 3 is 2.47 bits per heavy atom. The van der Waals surface area contributed by atoms with E-state index < -0.39 is 21.6 Å². The van der Waals surface area contributed by atoms with Gasteiger partial charge in [0.1, 0.15) is 5.82 Å². The van der Waals surface area contributed by atoms with Crippen molar-refractivity contribution in [3.8, 4) is 0 Å². The number of sulfone groups is 1. The monoisotopic (exact) mass is 535 g/mol. The fourth-order valence-corrected chi connectivity index (χ4v) is 5.79. The summed E-state index contributed by atoms with van der Waals surface area (Å²) in [6.07, 6.45) is 1.49. The van der Waals surface area contributed by atoms with Crippen LogP contribution in [0.1, 0.15) is 32.7 Å². The van der Waals surface area contributed by atoms with Crippen LogP contribution in [-0.2, 0) is 33.4 Å². The normalized spacial score (nSPS) is 11.4. The van der Waals surface area contributed by atoms with E-state index in [1.165, 1.54) is 36.4 Å². The lowest BCUT2D eigenvalue weighted by Gasteiger charge is -2.23. The summed E-state index contributed by atoms with van der Waals surface area (Å²) in [5.41, 5.74) is 3.20. The maximum Gasteiger partial charge on any atom is 0.254 e. The van der Waals surface area contributed by atoms with Crippen molar-refractivity contribution < 1.29 is 22.3 Å². The van der Waals surface area contributed by atoms with Gasteiger partial charge in [-0.15, -0.1) is 0 Å². The van der Waals surface area contributed by atoms with Crippen molar-refractivity contribution in [1.29, 1.82) is 0 Å². The molecule has 0 atom stereocenters. The number of ether oxygens (including phenoxy) is 1. The zero-order valence-electron chi connectivity index (χ0n) is 21.4. The van der Waals surface area contributed by atoms with Gasteiger partial charge in [-0.05, 0) is 41.8 Å². The molecule has 0 aliphatic rings. The highest BCUT2D eigenvalue weighted by molar-refractivity contribution is 7.90. The molecular weight excluding hydrogens is 505 g/mol. The fraction of sp³-hybridized carbons (Fsp3) is 0.241. The van der Waals surface area contributed by atoms with Gasteiger partial charge in [-0.1, -0.05) is 60.7 Å². The van der Waals surface area contributed by atoms with E-state index in [1.807, 2.05) is 55.5 Å². The number of hydrogen-bond donors (Lipinski definition) is 0. The molecule has 198 valence electrons. The highest BCUT2D eigenvalue weighted by atomic mass is 32.2. The smallest absolute Gasteiger partial charge is 0.254 e. The van der Waals surface area contributed by atoms with E-state index in [0.29, 0.717) is 11.3 Å². The van der Waals surface area contributed by atoms with Crippen LogP contribution < -0.4 is 0 Å². The molecule has 1 amide bonds. The van der Waals surface area contributed by atoms with Crippen LogP contribution in [0.5, 0.6) is 0 Å². The molecule has 4 aromatic rings. The Kier molecular flexibility index (Phi) is 8.70. The first kappa shape index (κ1) is 27.2. The Hall–Kier alpha value is -3.82. The van der Waals surface area contributed by atoms with Gasteiger partial charge < -0.3 is 14.2 Å². The quantitative estimate of drug-likeness (QED) is 0.280. The predicted octanol–water partition coefficient (Wildman–Crippen LogP) is 4.64. The van der Waals surface area contributed by atoms with Gasteiger partial charge in [0.05, 0.1) is 37.3 Å². The van der Waals surface area contributed by atoms with Crippen LogP contribution in [0.4, 0.5) is 4.39 Å². The molecule has 0 spiro atoms. The minimum atomic E-state index is -3.82. The summed E-state index contributed by atoms with van der Waals surface area (Å²) < 4.78 is 47.9. The number of carbonyl (C=O) groups is 1. The molecular formula is C29H30FN3O4S. The Morgan fingerprint density at radius 2 is 1.76 bits per heavy atom. The molecule has 3 aromatic carbocycles. The molecule has 0 unspecified atom stereocenters. The molecule has 0 saturated carbocycles. The summed E-state index contributed by atoms with van der Waals surface area (Å²) >= 11 is 0. The molecule has 0 fully saturated rings. The lowest BCUT2D eigenvalue weighted by atomic mass is 10.1. The maximum atomic E-state index is 13.8. The third-order valence-electron chi connectivity index (χ3n) is 6.25. The van der Waals surface area contributed by atoms with Gasteiger partial charge in [0.15, 0.2) is 0 Å². The van der Waals surface area contributed by atoms with Crippen molar-refractivity contribution >= 4 is 15.7 Å². The van der Waals surface area contributed by atoms with Crippen LogP contribution in [-0.4, -0.2) is 49.0 Å².